The maximum absolute atomic E-state index is 12.9. The lowest BCUT2D eigenvalue weighted by Crippen LogP contribution is -2.33. The number of carbonyl (C=O) groups excluding carboxylic acids is 1. The number of ether oxygens (including phenoxy) is 2. The predicted octanol–water partition coefficient (Wildman–Crippen LogP) is 3.54. The number of aliphatic hydroxyl groups excluding tert-OH is 1. The van der Waals surface area contributed by atoms with Crippen LogP contribution in [-0.4, -0.2) is 43.3 Å². The molecule has 0 aliphatic carbocycles. The molecule has 2 aromatic rings. The summed E-state index contributed by atoms with van der Waals surface area (Å²) in [7, 11) is 3.18. The molecule has 0 aromatic heterocycles. The highest BCUT2D eigenvalue weighted by Gasteiger charge is 2.18. The van der Waals surface area contributed by atoms with Gasteiger partial charge in [0.1, 0.15) is 11.5 Å². The molecule has 27 heavy (non-hydrogen) atoms. The Labute approximate surface area is 161 Å². The molecule has 0 atom stereocenters. The SMILES string of the molecule is COc1ccc(CN(CCO)C(=O)c2ccc(CC(C)C)cc2)c(OC)c1. The molecular weight excluding hydrogens is 342 g/mol. The molecule has 0 heterocycles. The number of benzene rings is 2. The van der Waals surface area contributed by atoms with Gasteiger partial charge in [0.2, 0.25) is 0 Å². The van der Waals surface area contributed by atoms with Crippen LogP contribution in [0.3, 0.4) is 0 Å². The fourth-order valence-electron chi connectivity index (χ4n) is 3.00. The van der Waals surface area contributed by atoms with Crippen molar-refractivity contribution in [2.24, 2.45) is 5.92 Å². The first kappa shape index (κ1) is 20.8. The highest BCUT2D eigenvalue weighted by molar-refractivity contribution is 5.94. The first-order chi connectivity index (χ1) is 13.0. The van der Waals surface area contributed by atoms with Crippen molar-refractivity contribution >= 4 is 5.91 Å². The second kappa shape index (κ2) is 9.97. The number of amides is 1. The molecule has 2 aromatic carbocycles. The first-order valence-electron chi connectivity index (χ1n) is 9.18. The predicted molar refractivity (Wildman–Crippen MR) is 106 cm³/mol. The van der Waals surface area contributed by atoms with E-state index in [1.165, 1.54) is 5.56 Å². The van der Waals surface area contributed by atoms with Crippen molar-refractivity contribution in [2.45, 2.75) is 26.8 Å². The normalized spacial score (nSPS) is 10.7. The second-order valence-corrected chi connectivity index (χ2v) is 6.92. The van der Waals surface area contributed by atoms with Crippen molar-refractivity contribution in [2.75, 3.05) is 27.4 Å². The fourth-order valence-corrected chi connectivity index (χ4v) is 3.00. The molecule has 0 fully saturated rings. The second-order valence-electron chi connectivity index (χ2n) is 6.92. The van der Waals surface area contributed by atoms with Crippen LogP contribution in [-0.2, 0) is 13.0 Å². The molecule has 2 rings (SSSR count). The number of carbonyl (C=O) groups is 1. The summed E-state index contributed by atoms with van der Waals surface area (Å²) >= 11 is 0. The highest BCUT2D eigenvalue weighted by atomic mass is 16.5. The van der Waals surface area contributed by atoms with Gasteiger partial charge in [0.05, 0.1) is 20.8 Å². The van der Waals surface area contributed by atoms with E-state index < -0.39 is 0 Å². The van der Waals surface area contributed by atoms with E-state index in [9.17, 15) is 9.90 Å². The summed E-state index contributed by atoms with van der Waals surface area (Å²) in [5.41, 5.74) is 2.69. The summed E-state index contributed by atoms with van der Waals surface area (Å²) in [5.74, 6) is 1.80. The Hall–Kier alpha value is -2.53. The van der Waals surface area contributed by atoms with Crippen molar-refractivity contribution in [1.82, 2.24) is 4.90 Å². The molecule has 0 spiro atoms. The molecule has 0 radical (unpaired) electrons. The molecule has 0 aliphatic heterocycles. The molecule has 0 saturated carbocycles. The van der Waals surface area contributed by atoms with Gasteiger partial charge in [-0.15, -0.1) is 0 Å². The third kappa shape index (κ3) is 5.73. The average molecular weight is 371 g/mol. The van der Waals surface area contributed by atoms with Crippen molar-refractivity contribution in [3.05, 3.63) is 59.2 Å². The van der Waals surface area contributed by atoms with E-state index >= 15 is 0 Å². The Balaban J connectivity index is 2.20. The Morgan fingerprint density at radius 3 is 2.33 bits per heavy atom. The smallest absolute Gasteiger partial charge is 0.254 e. The van der Waals surface area contributed by atoms with Gasteiger partial charge in [0.25, 0.3) is 5.91 Å². The molecule has 146 valence electrons. The van der Waals surface area contributed by atoms with Crippen LogP contribution in [0.5, 0.6) is 11.5 Å². The van der Waals surface area contributed by atoms with Crippen molar-refractivity contribution in [1.29, 1.82) is 0 Å². The van der Waals surface area contributed by atoms with E-state index in [2.05, 4.69) is 13.8 Å². The van der Waals surface area contributed by atoms with Crippen molar-refractivity contribution in [3.8, 4) is 11.5 Å². The molecule has 5 heteroatoms. The Bertz CT molecular complexity index is 740. The van der Waals surface area contributed by atoms with E-state index in [1.807, 2.05) is 36.4 Å². The third-order valence-electron chi connectivity index (χ3n) is 4.36. The van der Waals surface area contributed by atoms with Gasteiger partial charge in [-0.2, -0.15) is 0 Å². The maximum Gasteiger partial charge on any atom is 0.254 e. The third-order valence-corrected chi connectivity index (χ3v) is 4.36. The van der Waals surface area contributed by atoms with Gasteiger partial charge >= 0.3 is 0 Å². The summed E-state index contributed by atoms with van der Waals surface area (Å²) in [4.78, 5) is 14.6. The molecule has 5 nitrogen and oxygen atoms in total. The van der Waals surface area contributed by atoms with E-state index in [1.54, 1.807) is 25.2 Å². The molecule has 0 unspecified atom stereocenters. The van der Waals surface area contributed by atoms with E-state index in [-0.39, 0.29) is 19.1 Å². The summed E-state index contributed by atoms with van der Waals surface area (Å²) in [6, 6.07) is 13.2. The topological polar surface area (TPSA) is 59.0 Å². The Morgan fingerprint density at radius 1 is 1.07 bits per heavy atom. The molecule has 0 saturated heterocycles. The molecule has 0 bridgehead atoms. The van der Waals surface area contributed by atoms with Gasteiger partial charge in [0, 0.05) is 30.3 Å². The van der Waals surface area contributed by atoms with Crippen molar-refractivity contribution in [3.63, 3.8) is 0 Å². The van der Waals surface area contributed by atoms with Gasteiger partial charge in [-0.05, 0) is 42.2 Å². The van der Waals surface area contributed by atoms with Crippen LogP contribution in [0.1, 0.15) is 35.3 Å². The highest BCUT2D eigenvalue weighted by Crippen LogP contribution is 2.26. The standard InChI is InChI=1S/C22H29NO4/c1-16(2)13-17-5-7-18(8-6-17)22(25)23(11-12-24)15-19-9-10-20(26-3)14-21(19)27-4/h5-10,14,16,24H,11-13,15H2,1-4H3. The lowest BCUT2D eigenvalue weighted by Gasteiger charge is -2.23. The fraction of sp³-hybridized carbons (Fsp3) is 0.409. The van der Waals surface area contributed by atoms with E-state index in [0.717, 1.165) is 12.0 Å². The molecule has 0 aliphatic rings. The monoisotopic (exact) mass is 371 g/mol. The van der Waals surface area contributed by atoms with Crippen LogP contribution in [0.2, 0.25) is 0 Å². The first-order valence-corrected chi connectivity index (χ1v) is 9.18. The van der Waals surface area contributed by atoms with Crippen LogP contribution in [0.4, 0.5) is 0 Å². The molecule has 1 amide bonds. The van der Waals surface area contributed by atoms with Crippen LogP contribution in [0, 0.1) is 5.92 Å². The zero-order chi connectivity index (χ0) is 19.8. The maximum atomic E-state index is 12.9. The van der Waals surface area contributed by atoms with Crippen LogP contribution < -0.4 is 9.47 Å². The number of methoxy groups -OCH3 is 2. The van der Waals surface area contributed by atoms with Gasteiger partial charge in [-0.25, -0.2) is 0 Å². The minimum Gasteiger partial charge on any atom is -0.497 e. The zero-order valence-corrected chi connectivity index (χ0v) is 16.6. The van der Waals surface area contributed by atoms with E-state index in [4.69, 9.17) is 9.47 Å². The van der Waals surface area contributed by atoms with Crippen LogP contribution in [0.15, 0.2) is 42.5 Å². The minimum atomic E-state index is -0.113. The number of rotatable bonds is 9. The van der Waals surface area contributed by atoms with Gasteiger partial charge < -0.3 is 19.5 Å². The average Bonchev–Trinajstić information content (AvgIpc) is 2.67. The number of hydrogen-bond acceptors (Lipinski definition) is 4. The van der Waals surface area contributed by atoms with Crippen molar-refractivity contribution < 1.29 is 19.4 Å². The summed E-state index contributed by atoms with van der Waals surface area (Å²) in [5, 5.41) is 9.42. The lowest BCUT2D eigenvalue weighted by atomic mass is 10.0. The van der Waals surface area contributed by atoms with E-state index in [0.29, 0.717) is 29.5 Å². The summed E-state index contributed by atoms with van der Waals surface area (Å²) < 4.78 is 10.6. The zero-order valence-electron chi connectivity index (χ0n) is 16.6. The largest absolute Gasteiger partial charge is 0.497 e. The summed E-state index contributed by atoms with van der Waals surface area (Å²) in [6.45, 7) is 4.84. The van der Waals surface area contributed by atoms with Crippen LogP contribution >= 0.6 is 0 Å². The number of nitrogens with zero attached hydrogens (tertiary/aromatic N) is 1. The Kier molecular flexibility index (Phi) is 7.67. The quantitative estimate of drug-likeness (QED) is 0.732. The van der Waals surface area contributed by atoms with Crippen LogP contribution in [0.25, 0.3) is 0 Å². The van der Waals surface area contributed by atoms with Gasteiger partial charge in [-0.3, -0.25) is 4.79 Å². The molecule has 1 N–H and O–H groups in total. The Morgan fingerprint density at radius 2 is 1.78 bits per heavy atom. The van der Waals surface area contributed by atoms with Gasteiger partial charge in [-0.1, -0.05) is 26.0 Å². The number of hydrogen-bond donors (Lipinski definition) is 1. The lowest BCUT2D eigenvalue weighted by molar-refractivity contribution is 0.0706. The minimum absolute atomic E-state index is 0.102. The molecular formula is C22H29NO4. The summed E-state index contributed by atoms with van der Waals surface area (Å²) in [6.07, 6.45) is 0.984. The van der Waals surface area contributed by atoms with Gasteiger partial charge in [0.15, 0.2) is 0 Å². The number of aliphatic hydroxyl groups is 1.